The van der Waals surface area contributed by atoms with E-state index < -0.39 is 61.9 Å². The Morgan fingerprint density at radius 1 is 1.12 bits per heavy atom. The summed E-state index contributed by atoms with van der Waals surface area (Å²) in [7, 11) is 0. The second-order valence-electron chi connectivity index (χ2n) is 5.98. The fourth-order valence-corrected chi connectivity index (χ4v) is 2.73. The van der Waals surface area contributed by atoms with Gasteiger partial charge in [-0.2, -0.15) is 0 Å². The van der Waals surface area contributed by atoms with Crippen LogP contribution in [0.25, 0.3) is 0 Å². The molecule has 1 saturated heterocycles. The van der Waals surface area contributed by atoms with Gasteiger partial charge in [-0.05, 0) is 6.42 Å². The van der Waals surface area contributed by atoms with Crippen molar-refractivity contribution in [1.82, 2.24) is 0 Å². The first kappa shape index (κ1) is 21.2. The molecule has 9 heteroatoms. The van der Waals surface area contributed by atoms with Crippen molar-refractivity contribution in [3.8, 4) is 0 Å². The zero-order valence-electron chi connectivity index (χ0n) is 13.7. The van der Waals surface area contributed by atoms with Gasteiger partial charge in [0.25, 0.3) is 0 Å². The van der Waals surface area contributed by atoms with E-state index in [0.717, 1.165) is 12.8 Å². The van der Waals surface area contributed by atoms with Crippen molar-refractivity contribution in [2.75, 3.05) is 19.8 Å². The van der Waals surface area contributed by atoms with Crippen molar-refractivity contribution in [1.29, 1.82) is 0 Å². The topological polar surface area (TPSA) is 157 Å². The third kappa shape index (κ3) is 4.42. The molecule has 24 heavy (non-hydrogen) atoms. The quantitative estimate of drug-likeness (QED) is 0.202. The van der Waals surface area contributed by atoms with E-state index in [-0.39, 0.29) is 6.42 Å². The van der Waals surface area contributed by atoms with Crippen molar-refractivity contribution in [2.24, 2.45) is 5.92 Å². The fourth-order valence-electron chi connectivity index (χ4n) is 2.73. The maximum Gasteiger partial charge on any atom is 0.308 e. The summed E-state index contributed by atoms with van der Waals surface area (Å²) in [6, 6.07) is 0. The molecule has 142 valence electrons. The number of hydrogen-bond donors (Lipinski definition) is 6. The minimum absolute atomic E-state index is 0.0255. The molecule has 0 unspecified atom stereocenters. The molecular formula is C15H28O9. The second kappa shape index (κ2) is 9.62. The second-order valence-corrected chi connectivity index (χ2v) is 5.98. The summed E-state index contributed by atoms with van der Waals surface area (Å²) < 4.78 is 10.6. The van der Waals surface area contributed by atoms with Crippen molar-refractivity contribution >= 4 is 5.97 Å². The molecule has 0 amide bonds. The minimum atomic E-state index is -2.27. The van der Waals surface area contributed by atoms with Gasteiger partial charge in [0.2, 0.25) is 5.79 Å². The van der Waals surface area contributed by atoms with Gasteiger partial charge in [-0.3, -0.25) is 4.79 Å². The van der Waals surface area contributed by atoms with Crippen molar-refractivity contribution in [3.63, 3.8) is 0 Å². The Kier molecular flexibility index (Phi) is 8.51. The van der Waals surface area contributed by atoms with E-state index in [0.29, 0.717) is 6.42 Å². The summed E-state index contributed by atoms with van der Waals surface area (Å²) in [5, 5.41) is 58.3. The van der Waals surface area contributed by atoms with Gasteiger partial charge in [0.1, 0.15) is 24.4 Å². The van der Waals surface area contributed by atoms with Gasteiger partial charge in [-0.15, -0.1) is 0 Å². The first-order valence-corrected chi connectivity index (χ1v) is 8.14. The normalized spacial score (nSPS) is 33.7. The summed E-state index contributed by atoms with van der Waals surface area (Å²) in [4.78, 5) is 12.1. The van der Waals surface area contributed by atoms with E-state index in [9.17, 15) is 35.4 Å². The predicted octanol–water partition coefficient (Wildman–Crippen LogP) is -2.12. The van der Waals surface area contributed by atoms with E-state index in [2.05, 4.69) is 0 Å². The summed E-state index contributed by atoms with van der Waals surface area (Å²) in [6.07, 6.45) is -4.44. The molecule has 1 rings (SSSR count). The number of unbranched alkanes of at least 4 members (excludes halogenated alkanes) is 2. The molecule has 0 saturated carbocycles. The third-order valence-corrected chi connectivity index (χ3v) is 4.25. The maximum absolute atomic E-state index is 12.1. The average Bonchev–Trinajstić information content (AvgIpc) is 2.57. The van der Waals surface area contributed by atoms with Crippen LogP contribution in [0.2, 0.25) is 0 Å². The molecule has 1 aliphatic heterocycles. The fraction of sp³-hybridized carbons (Fsp3) is 0.933. The van der Waals surface area contributed by atoms with Gasteiger partial charge in [0.15, 0.2) is 0 Å². The average molecular weight is 352 g/mol. The van der Waals surface area contributed by atoms with E-state index in [1.165, 1.54) is 0 Å². The van der Waals surface area contributed by atoms with Gasteiger partial charge in [-0.25, -0.2) is 0 Å². The Morgan fingerprint density at radius 3 is 2.25 bits per heavy atom. The van der Waals surface area contributed by atoms with E-state index in [1.54, 1.807) is 0 Å². The molecule has 0 bridgehead atoms. The molecule has 0 aromatic rings. The minimum Gasteiger partial charge on any atom is -0.429 e. The number of aliphatic hydroxyl groups excluding tert-OH is 6. The highest BCUT2D eigenvalue weighted by atomic mass is 16.7. The smallest absolute Gasteiger partial charge is 0.308 e. The van der Waals surface area contributed by atoms with Crippen LogP contribution in [-0.4, -0.2) is 86.6 Å². The molecule has 0 aliphatic carbocycles. The highest BCUT2D eigenvalue weighted by molar-refractivity contribution is 5.69. The summed E-state index contributed by atoms with van der Waals surface area (Å²) >= 11 is 0. The van der Waals surface area contributed by atoms with E-state index in [1.807, 2.05) is 6.92 Å². The molecular weight excluding hydrogens is 324 g/mol. The third-order valence-electron chi connectivity index (χ3n) is 4.25. The Hall–Kier alpha value is -0.810. The lowest BCUT2D eigenvalue weighted by molar-refractivity contribution is -0.374. The van der Waals surface area contributed by atoms with Gasteiger partial charge in [0, 0.05) is 6.42 Å². The van der Waals surface area contributed by atoms with Crippen LogP contribution in [0.4, 0.5) is 0 Å². The van der Waals surface area contributed by atoms with Gasteiger partial charge in [-0.1, -0.05) is 19.8 Å². The van der Waals surface area contributed by atoms with E-state index in [4.69, 9.17) is 9.47 Å². The van der Waals surface area contributed by atoms with Crippen molar-refractivity contribution in [3.05, 3.63) is 0 Å². The zero-order valence-corrected chi connectivity index (χ0v) is 13.7. The van der Waals surface area contributed by atoms with Crippen LogP contribution < -0.4 is 0 Å². The summed E-state index contributed by atoms with van der Waals surface area (Å²) in [5.74, 6) is -4.27. The van der Waals surface area contributed by atoms with Crippen LogP contribution in [0.1, 0.15) is 32.6 Å². The molecule has 6 N–H and O–H groups in total. The lowest BCUT2D eigenvalue weighted by atomic mass is 9.85. The SMILES string of the molecule is CCCCCC(=O)O[C@]1(C(CO)CO)O[C@H](CO)[C@H](O)[C@H](O)[C@H]1O. The number of carbonyl (C=O) groups excluding carboxylic acids is 1. The van der Waals surface area contributed by atoms with Crippen molar-refractivity contribution < 1.29 is 44.9 Å². The van der Waals surface area contributed by atoms with Gasteiger partial charge < -0.3 is 40.1 Å². The molecule has 1 heterocycles. The first-order valence-electron chi connectivity index (χ1n) is 8.14. The van der Waals surface area contributed by atoms with Crippen LogP contribution >= 0.6 is 0 Å². The molecule has 0 aromatic carbocycles. The van der Waals surface area contributed by atoms with E-state index >= 15 is 0 Å². The number of rotatable bonds is 9. The molecule has 5 atom stereocenters. The first-order chi connectivity index (χ1) is 11.4. The zero-order chi connectivity index (χ0) is 18.3. The maximum atomic E-state index is 12.1. The van der Waals surface area contributed by atoms with Crippen LogP contribution in [-0.2, 0) is 14.3 Å². The largest absolute Gasteiger partial charge is 0.429 e. The standard InChI is InChI=1S/C15H28O9/c1-2-3-4-5-11(19)24-15(9(6-16)7-17)14(22)13(21)12(20)10(8-18)23-15/h9-10,12-14,16-18,20-22H,2-8H2,1H3/t10-,12+,13+,14-,15+/m1/s1. The molecule has 0 spiro atoms. The van der Waals surface area contributed by atoms with Crippen LogP contribution in [0.3, 0.4) is 0 Å². The monoisotopic (exact) mass is 352 g/mol. The lowest BCUT2D eigenvalue weighted by Gasteiger charge is -2.50. The molecule has 0 aromatic heterocycles. The van der Waals surface area contributed by atoms with Crippen molar-refractivity contribution in [2.45, 2.75) is 62.8 Å². The van der Waals surface area contributed by atoms with Crippen LogP contribution in [0.15, 0.2) is 0 Å². The number of aliphatic hydroxyl groups is 6. The molecule has 1 fully saturated rings. The Morgan fingerprint density at radius 2 is 1.75 bits per heavy atom. The van der Waals surface area contributed by atoms with Crippen LogP contribution in [0, 0.1) is 5.92 Å². The Balaban J connectivity index is 3.06. The molecule has 0 radical (unpaired) electrons. The Bertz CT molecular complexity index is 385. The number of hydrogen-bond acceptors (Lipinski definition) is 9. The lowest BCUT2D eigenvalue weighted by Crippen LogP contribution is -2.70. The summed E-state index contributed by atoms with van der Waals surface area (Å²) in [5.41, 5.74) is 0. The summed E-state index contributed by atoms with van der Waals surface area (Å²) in [6.45, 7) is -0.185. The highest BCUT2D eigenvalue weighted by Crippen LogP contribution is 2.37. The van der Waals surface area contributed by atoms with Gasteiger partial charge in [0.05, 0.1) is 25.7 Å². The highest BCUT2D eigenvalue weighted by Gasteiger charge is 2.59. The van der Waals surface area contributed by atoms with Gasteiger partial charge >= 0.3 is 5.97 Å². The molecule has 9 nitrogen and oxygen atoms in total. The van der Waals surface area contributed by atoms with Crippen LogP contribution in [0.5, 0.6) is 0 Å². The number of ether oxygens (including phenoxy) is 2. The predicted molar refractivity (Wildman–Crippen MR) is 80.6 cm³/mol. The molecule has 1 aliphatic rings. The number of carbonyl (C=O) groups is 1. The number of esters is 1. The Labute approximate surface area is 140 Å².